The number of amides is 2. The van der Waals surface area contributed by atoms with Crippen LogP contribution in [0.3, 0.4) is 0 Å². The maximum atomic E-state index is 11.6. The van der Waals surface area contributed by atoms with Crippen LogP contribution < -0.4 is 11.1 Å². The van der Waals surface area contributed by atoms with Gasteiger partial charge in [0.1, 0.15) is 0 Å². The predicted octanol–water partition coefficient (Wildman–Crippen LogP) is -0.665. The molecule has 0 aliphatic carbocycles. The van der Waals surface area contributed by atoms with Crippen molar-refractivity contribution in [2.45, 2.75) is 25.9 Å². The summed E-state index contributed by atoms with van der Waals surface area (Å²) in [5.41, 5.74) is 5.13. The first-order valence-electron chi connectivity index (χ1n) is 6.35. The highest BCUT2D eigenvalue weighted by atomic mass is 16.5. The first kappa shape index (κ1) is 14.9. The summed E-state index contributed by atoms with van der Waals surface area (Å²) in [5.74, 6) is -0.673. The van der Waals surface area contributed by atoms with E-state index in [0.29, 0.717) is 26.0 Å². The molecule has 1 aliphatic rings. The normalized spacial score (nSPS) is 22.4. The van der Waals surface area contributed by atoms with E-state index in [0.717, 1.165) is 13.1 Å². The van der Waals surface area contributed by atoms with E-state index >= 15 is 0 Å². The number of primary amides is 1. The Labute approximate surface area is 108 Å². The Hall–Kier alpha value is -1.14. The first-order valence-corrected chi connectivity index (χ1v) is 6.35. The summed E-state index contributed by atoms with van der Waals surface area (Å²) < 4.78 is 5.53. The smallest absolute Gasteiger partial charge is 0.220 e. The van der Waals surface area contributed by atoms with E-state index in [-0.39, 0.29) is 23.8 Å². The van der Waals surface area contributed by atoms with Crippen LogP contribution in [0.25, 0.3) is 0 Å². The molecule has 1 heterocycles. The highest BCUT2D eigenvalue weighted by molar-refractivity contribution is 5.79. The summed E-state index contributed by atoms with van der Waals surface area (Å²) in [6.07, 6.45) is 0.875. The van der Waals surface area contributed by atoms with Gasteiger partial charge in [0.05, 0.1) is 12.7 Å². The maximum absolute atomic E-state index is 11.6. The molecule has 0 radical (unpaired) electrons. The van der Waals surface area contributed by atoms with Crippen molar-refractivity contribution in [3.8, 4) is 0 Å². The average molecular weight is 257 g/mol. The maximum Gasteiger partial charge on any atom is 0.220 e. The number of hydrogen-bond acceptors (Lipinski definition) is 4. The molecule has 1 aliphatic heterocycles. The third kappa shape index (κ3) is 5.46. The molecular formula is C12H23N3O3. The molecule has 1 fully saturated rings. The van der Waals surface area contributed by atoms with Gasteiger partial charge in [-0.15, -0.1) is 0 Å². The predicted molar refractivity (Wildman–Crippen MR) is 67.8 cm³/mol. The molecular weight excluding hydrogens is 234 g/mol. The number of morpholine rings is 1. The second-order valence-corrected chi connectivity index (χ2v) is 4.90. The lowest BCUT2D eigenvalue weighted by Crippen LogP contribution is -2.45. The van der Waals surface area contributed by atoms with Gasteiger partial charge in [-0.3, -0.25) is 9.59 Å². The molecule has 0 aromatic rings. The zero-order valence-electron chi connectivity index (χ0n) is 11.1. The molecule has 1 saturated heterocycles. The summed E-state index contributed by atoms with van der Waals surface area (Å²) in [5, 5.41) is 2.82. The number of nitrogens with zero attached hydrogens (tertiary/aromatic N) is 1. The molecule has 0 aromatic heterocycles. The van der Waals surface area contributed by atoms with E-state index in [1.165, 1.54) is 0 Å². The second-order valence-electron chi connectivity index (χ2n) is 4.90. The Balaban J connectivity index is 2.14. The number of carbonyl (C=O) groups is 2. The van der Waals surface area contributed by atoms with E-state index in [4.69, 9.17) is 10.5 Å². The van der Waals surface area contributed by atoms with Crippen molar-refractivity contribution in [1.82, 2.24) is 10.2 Å². The molecule has 2 amide bonds. The summed E-state index contributed by atoms with van der Waals surface area (Å²) in [6, 6.07) is 0. The summed E-state index contributed by atoms with van der Waals surface area (Å²) in [4.78, 5) is 24.6. The van der Waals surface area contributed by atoms with Gasteiger partial charge in [0.25, 0.3) is 0 Å². The standard InChI is InChI=1S/C12H23N3O3/c1-9(12(13)17)3-4-11(16)14-7-10-8-15(2)5-6-18-10/h9-10H,3-8H2,1-2H3,(H2,13,17)(H,14,16)/t9?,10-/m0/s1. The Morgan fingerprint density at radius 2 is 2.28 bits per heavy atom. The molecule has 6 nitrogen and oxygen atoms in total. The summed E-state index contributed by atoms with van der Waals surface area (Å²) >= 11 is 0. The monoisotopic (exact) mass is 257 g/mol. The van der Waals surface area contributed by atoms with Crippen LogP contribution in [0, 0.1) is 5.92 Å². The van der Waals surface area contributed by atoms with E-state index in [1.807, 2.05) is 7.05 Å². The number of carbonyl (C=O) groups excluding carboxylic acids is 2. The third-order valence-corrected chi connectivity index (χ3v) is 3.16. The van der Waals surface area contributed by atoms with E-state index in [2.05, 4.69) is 10.2 Å². The molecule has 0 bridgehead atoms. The minimum absolute atomic E-state index is 0.0556. The first-order chi connectivity index (χ1) is 8.49. The number of rotatable bonds is 6. The molecule has 3 N–H and O–H groups in total. The van der Waals surface area contributed by atoms with Crippen molar-refractivity contribution < 1.29 is 14.3 Å². The van der Waals surface area contributed by atoms with Crippen LogP contribution in [-0.2, 0) is 14.3 Å². The van der Waals surface area contributed by atoms with Crippen LogP contribution in [0.5, 0.6) is 0 Å². The Morgan fingerprint density at radius 3 is 2.89 bits per heavy atom. The van der Waals surface area contributed by atoms with Crippen LogP contribution in [0.1, 0.15) is 19.8 Å². The quantitative estimate of drug-likeness (QED) is 0.661. The van der Waals surface area contributed by atoms with Crippen molar-refractivity contribution in [3.63, 3.8) is 0 Å². The molecule has 2 atom stereocenters. The van der Waals surface area contributed by atoms with Crippen molar-refractivity contribution in [2.75, 3.05) is 33.3 Å². The van der Waals surface area contributed by atoms with Crippen LogP contribution in [0.4, 0.5) is 0 Å². The highest BCUT2D eigenvalue weighted by Gasteiger charge is 2.18. The molecule has 1 unspecified atom stereocenters. The van der Waals surface area contributed by atoms with Gasteiger partial charge in [0.15, 0.2) is 0 Å². The summed E-state index contributed by atoms with van der Waals surface area (Å²) in [6.45, 7) is 4.72. The Morgan fingerprint density at radius 1 is 1.56 bits per heavy atom. The van der Waals surface area contributed by atoms with E-state index < -0.39 is 0 Å². The molecule has 18 heavy (non-hydrogen) atoms. The van der Waals surface area contributed by atoms with Crippen molar-refractivity contribution in [3.05, 3.63) is 0 Å². The lowest BCUT2D eigenvalue weighted by Gasteiger charge is -2.30. The number of nitrogens with two attached hydrogens (primary N) is 1. The molecule has 0 saturated carbocycles. The molecule has 6 heteroatoms. The van der Waals surface area contributed by atoms with E-state index in [1.54, 1.807) is 6.92 Å². The molecule has 1 rings (SSSR count). The van der Waals surface area contributed by atoms with Gasteiger partial charge in [0.2, 0.25) is 11.8 Å². The molecule has 0 spiro atoms. The average Bonchev–Trinajstić information content (AvgIpc) is 2.33. The third-order valence-electron chi connectivity index (χ3n) is 3.16. The number of hydrogen-bond donors (Lipinski definition) is 2. The van der Waals surface area contributed by atoms with Gasteiger partial charge in [-0.1, -0.05) is 6.92 Å². The minimum Gasteiger partial charge on any atom is -0.374 e. The van der Waals surface area contributed by atoms with Gasteiger partial charge in [-0.05, 0) is 13.5 Å². The zero-order valence-corrected chi connectivity index (χ0v) is 11.1. The lowest BCUT2D eigenvalue weighted by atomic mass is 10.1. The van der Waals surface area contributed by atoms with Crippen molar-refractivity contribution in [1.29, 1.82) is 0 Å². The topological polar surface area (TPSA) is 84.7 Å². The van der Waals surface area contributed by atoms with Crippen LogP contribution in [-0.4, -0.2) is 56.1 Å². The Bertz CT molecular complexity index is 296. The van der Waals surface area contributed by atoms with Gasteiger partial charge >= 0.3 is 0 Å². The highest BCUT2D eigenvalue weighted by Crippen LogP contribution is 2.05. The molecule has 104 valence electrons. The van der Waals surface area contributed by atoms with Crippen molar-refractivity contribution >= 4 is 11.8 Å². The van der Waals surface area contributed by atoms with Crippen LogP contribution >= 0.6 is 0 Å². The fourth-order valence-electron chi connectivity index (χ4n) is 1.80. The minimum atomic E-state index is -0.361. The van der Waals surface area contributed by atoms with Gasteiger partial charge < -0.3 is 20.7 Å². The van der Waals surface area contributed by atoms with Gasteiger partial charge in [-0.2, -0.15) is 0 Å². The number of nitrogens with one attached hydrogen (secondary N) is 1. The van der Waals surface area contributed by atoms with Gasteiger partial charge in [-0.25, -0.2) is 0 Å². The Kier molecular flexibility index (Phi) is 6.07. The fraction of sp³-hybridized carbons (Fsp3) is 0.833. The van der Waals surface area contributed by atoms with Crippen molar-refractivity contribution in [2.24, 2.45) is 11.7 Å². The SMILES string of the molecule is CC(CCC(=O)NC[C@H]1CN(C)CCO1)C(N)=O. The molecule has 0 aromatic carbocycles. The van der Waals surface area contributed by atoms with Gasteiger partial charge in [0, 0.05) is 32.0 Å². The zero-order chi connectivity index (χ0) is 13.5. The van der Waals surface area contributed by atoms with Crippen LogP contribution in [0.2, 0.25) is 0 Å². The number of likely N-dealkylation sites (N-methyl/N-ethyl adjacent to an activating group) is 1. The second kappa shape index (κ2) is 7.33. The lowest BCUT2D eigenvalue weighted by molar-refractivity contribution is -0.123. The fourth-order valence-corrected chi connectivity index (χ4v) is 1.80. The summed E-state index contributed by atoms with van der Waals surface area (Å²) in [7, 11) is 2.03. The largest absolute Gasteiger partial charge is 0.374 e. The van der Waals surface area contributed by atoms with E-state index in [9.17, 15) is 9.59 Å². The number of ether oxygens (including phenoxy) is 1. The van der Waals surface area contributed by atoms with Crippen LogP contribution in [0.15, 0.2) is 0 Å².